The van der Waals surface area contributed by atoms with E-state index in [0.29, 0.717) is 23.7 Å². The van der Waals surface area contributed by atoms with Crippen LogP contribution in [-0.2, 0) is 11.2 Å². The third-order valence-electron chi connectivity index (χ3n) is 3.94. The van der Waals surface area contributed by atoms with Gasteiger partial charge in [0.05, 0.1) is 5.57 Å². The molecule has 1 unspecified atom stereocenters. The van der Waals surface area contributed by atoms with Gasteiger partial charge in [0.15, 0.2) is 0 Å². The summed E-state index contributed by atoms with van der Waals surface area (Å²) in [5.41, 5.74) is 3.77. The van der Waals surface area contributed by atoms with Crippen LogP contribution in [0.5, 0.6) is 0 Å². The molecule has 0 N–H and O–H groups in total. The molecule has 2 rings (SSSR count). The van der Waals surface area contributed by atoms with Gasteiger partial charge in [0.2, 0.25) is 5.78 Å². The van der Waals surface area contributed by atoms with Crippen molar-refractivity contribution < 1.29 is 9.21 Å². The predicted octanol–water partition coefficient (Wildman–Crippen LogP) is 4.48. The molecule has 0 amide bonds. The Morgan fingerprint density at radius 2 is 2.10 bits per heavy atom. The minimum Gasteiger partial charge on any atom is -0.461 e. The summed E-state index contributed by atoms with van der Waals surface area (Å²) in [4.78, 5) is 12.3. The maximum atomic E-state index is 12.3. The van der Waals surface area contributed by atoms with E-state index in [1.807, 2.05) is 33.8 Å². The van der Waals surface area contributed by atoms with Crippen LogP contribution in [0.3, 0.4) is 0 Å². The van der Waals surface area contributed by atoms with Crippen LogP contribution >= 0.6 is 0 Å². The lowest BCUT2D eigenvalue weighted by Crippen LogP contribution is -2.05. The first-order valence-electron chi connectivity index (χ1n) is 7.36. The summed E-state index contributed by atoms with van der Waals surface area (Å²) in [5.74, 6) is 7.54. The first-order chi connectivity index (χ1) is 9.90. The Hall–Kier alpha value is -2.01. The Morgan fingerprint density at radius 1 is 1.38 bits per heavy atom. The van der Waals surface area contributed by atoms with E-state index in [4.69, 9.17) is 4.42 Å². The average molecular weight is 282 g/mol. The van der Waals surface area contributed by atoms with Crippen molar-refractivity contribution in [3.63, 3.8) is 0 Å². The predicted molar refractivity (Wildman–Crippen MR) is 85.7 cm³/mol. The summed E-state index contributed by atoms with van der Waals surface area (Å²) < 4.78 is 5.98. The van der Waals surface area contributed by atoms with Crippen LogP contribution in [0.2, 0.25) is 0 Å². The largest absolute Gasteiger partial charge is 0.461 e. The molecule has 1 aromatic rings. The Balaban J connectivity index is 2.55. The number of Topliss-reactive ketones (excluding diaryl/α,β-unsaturated/α-hetero) is 1. The number of furan rings is 1. The SMILES string of the molecule is C=C(C)C1CCC#CC(=O)C(=C(C)C)c2cc(C)c(o2)C1. The highest BCUT2D eigenvalue weighted by atomic mass is 16.3. The zero-order valence-electron chi connectivity index (χ0n) is 13.3. The van der Waals surface area contributed by atoms with E-state index in [9.17, 15) is 4.79 Å². The van der Waals surface area contributed by atoms with Crippen molar-refractivity contribution in [2.24, 2.45) is 5.92 Å². The van der Waals surface area contributed by atoms with Gasteiger partial charge >= 0.3 is 0 Å². The lowest BCUT2D eigenvalue weighted by atomic mass is 9.91. The number of allylic oxidation sites excluding steroid dienone is 3. The van der Waals surface area contributed by atoms with Gasteiger partial charge in [-0.25, -0.2) is 0 Å². The van der Waals surface area contributed by atoms with Crippen LogP contribution in [0.4, 0.5) is 0 Å². The Bertz CT molecular complexity index is 670. The van der Waals surface area contributed by atoms with Gasteiger partial charge in [-0.15, -0.1) is 0 Å². The maximum Gasteiger partial charge on any atom is 0.239 e. The Morgan fingerprint density at radius 3 is 2.71 bits per heavy atom. The molecule has 0 spiro atoms. The van der Waals surface area contributed by atoms with E-state index in [2.05, 4.69) is 18.4 Å². The van der Waals surface area contributed by atoms with Gasteiger partial charge in [-0.3, -0.25) is 4.79 Å². The number of hydrogen-bond donors (Lipinski definition) is 0. The molecule has 1 aliphatic heterocycles. The molecular formula is C19H22O2. The van der Waals surface area contributed by atoms with E-state index in [1.54, 1.807) is 0 Å². The van der Waals surface area contributed by atoms with Gasteiger partial charge < -0.3 is 4.42 Å². The summed E-state index contributed by atoms with van der Waals surface area (Å²) in [6.07, 6.45) is 2.45. The number of rotatable bonds is 1. The van der Waals surface area contributed by atoms with Gasteiger partial charge in [-0.1, -0.05) is 23.6 Å². The summed E-state index contributed by atoms with van der Waals surface area (Å²) in [5, 5.41) is 0. The monoisotopic (exact) mass is 282 g/mol. The van der Waals surface area contributed by atoms with Crippen LogP contribution in [0.15, 0.2) is 28.2 Å². The first kappa shape index (κ1) is 15.4. The van der Waals surface area contributed by atoms with Gasteiger partial charge in [-0.2, -0.15) is 0 Å². The number of aryl methyl sites for hydroxylation is 1. The molecular weight excluding hydrogens is 260 g/mol. The summed E-state index contributed by atoms with van der Waals surface area (Å²) in [6, 6.07) is 1.95. The highest BCUT2D eigenvalue weighted by Gasteiger charge is 2.21. The third-order valence-corrected chi connectivity index (χ3v) is 3.94. The second-order valence-electron chi connectivity index (χ2n) is 6.01. The molecule has 0 aromatic carbocycles. The van der Waals surface area contributed by atoms with Crippen LogP contribution in [-0.4, -0.2) is 5.78 Å². The average Bonchev–Trinajstić information content (AvgIpc) is 2.70. The van der Waals surface area contributed by atoms with Crippen molar-refractivity contribution in [2.75, 3.05) is 0 Å². The molecule has 1 aromatic heterocycles. The Labute approximate surface area is 126 Å². The van der Waals surface area contributed by atoms with Crippen molar-refractivity contribution >= 4 is 11.4 Å². The van der Waals surface area contributed by atoms with Crippen LogP contribution in [0.1, 0.15) is 50.7 Å². The first-order valence-corrected chi connectivity index (χ1v) is 7.36. The van der Waals surface area contributed by atoms with E-state index in [1.165, 1.54) is 0 Å². The number of carbonyl (C=O) groups is 1. The molecule has 2 nitrogen and oxygen atoms in total. The lowest BCUT2D eigenvalue weighted by Gasteiger charge is -2.14. The molecule has 0 radical (unpaired) electrons. The summed E-state index contributed by atoms with van der Waals surface area (Å²) >= 11 is 0. The maximum absolute atomic E-state index is 12.3. The molecule has 0 saturated heterocycles. The molecule has 21 heavy (non-hydrogen) atoms. The fourth-order valence-electron chi connectivity index (χ4n) is 2.63. The molecule has 1 aliphatic rings. The quantitative estimate of drug-likeness (QED) is 0.329. The molecule has 2 bridgehead atoms. The standard InChI is InChI=1S/C19H22O2/c1-12(2)15-8-6-7-9-16(20)19(13(3)4)18-10-14(5)17(11-15)21-18/h10,15H,1,6,8,11H2,2-5H3. The van der Waals surface area contributed by atoms with E-state index < -0.39 is 0 Å². The Kier molecular flexibility index (Phi) is 4.53. The normalized spacial score (nSPS) is 18.6. The van der Waals surface area contributed by atoms with Gasteiger partial charge in [0.1, 0.15) is 11.5 Å². The van der Waals surface area contributed by atoms with Crippen molar-refractivity contribution in [1.82, 2.24) is 0 Å². The zero-order chi connectivity index (χ0) is 15.6. The molecule has 110 valence electrons. The minimum atomic E-state index is -0.149. The van der Waals surface area contributed by atoms with Gasteiger partial charge in [0, 0.05) is 12.8 Å². The van der Waals surface area contributed by atoms with Crippen LogP contribution in [0.25, 0.3) is 5.57 Å². The van der Waals surface area contributed by atoms with Crippen LogP contribution in [0, 0.1) is 24.7 Å². The summed E-state index contributed by atoms with van der Waals surface area (Å²) in [7, 11) is 0. The zero-order valence-corrected chi connectivity index (χ0v) is 13.3. The van der Waals surface area contributed by atoms with Crippen molar-refractivity contribution in [3.8, 4) is 11.8 Å². The number of ketones is 1. The molecule has 0 aliphatic carbocycles. The topological polar surface area (TPSA) is 30.2 Å². The van der Waals surface area contributed by atoms with Crippen molar-refractivity contribution in [1.29, 1.82) is 0 Å². The molecule has 0 saturated carbocycles. The second-order valence-corrected chi connectivity index (χ2v) is 6.01. The van der Waals surface area contributed by atoms with Gasteiger partial charge in [-0.05, 0) is 57.6 Å². The van der Waals surface area contributed by atoms with Crippen LogP contribution < -0.4 is 0 Å². The van der Waals surface area contributed by atoms with E-state index in [-0.39, 0.29) is 5.78 Å². The smallest absolute Gasteiger partial charge is 0.239 e. The highest BCUT2D eigenvalue weighted by Crippen LogP contribution is 2.29. The molecule has 1 atom stereocenters. The van der Waals surface area contributed by atoms with Crippen molar-refractivity contribution in [3.05, 3.63) is 40.9 Å². The number of hydrogen-bond acceptors (Lipinski definition) is 2. The second kappa shape index (κ2) is 6.18. The fourth-order valence-corrected chi connectivity index (χ4v) is 2.63. The molecule has 2 heteroatoms. The highest BCUT2D eigenvalue weighted by molar-refractivity contribution is 6.29. The van der Waals surface area contributed by atoms with Gasteiger partial charge in [0.25, 0.3) is 0 Å². The number of carbonyl (C=O) groups excluding carboxylic acids is 1. The minimum absolute atomic E-state index is 0.149. The molecule has 2 heterocycles. The fraction of sp³-hybridized carbons (Fsp3) is 0.421. The van der Waals surface area contributed by atoms with Crippen molar-refractivity contribution in [2.45, 2.75) is 47.0 Å². The molecule has 0 fully saturated rings. The summed E-state index contributed by atoms with van der Waals surface area (Å²) in [6.45, 7) is 12.0. The lowest BCUT2D eigenvalue weighted by molar-refractivity contribution is -0.109. The number of fused-ring (bicyclic) bond motifs is 2. The third kappa shape index (κ3) is 3.36. The van der Waals surface area contributed by atoms with E-state index in [0.717, 1.165) is 35.3 Å². The van der Waals surface area contributed by atoms with E-state index >= 15 is 0 Å².